The van der Waals surface area contributed by atoms with E-state index in [0.717, 1.165) is 19.3 Å². The number of carbonyl (C=O) groups excluding carboxylic acids is 1. The standard InChI is InChI=1S/C8H12O2/c1-5-7(9)6-3-2-4-8(5,6)10/h5-6,10H,2-4H2,1H3/t5?,6-,8-/m1/s1. The van der Waals surface area contributed by atoms with Gasteiger partial charge >= 0.3 is 0 Å². The third-order valence-corrected chi connectivity index (χ3v) is 3.19. The monoisotopic (exact) mass is 140 g/mol. The zero-order chi connectivity index (χ0) is 7.35. The van der Waals surface area contributed by atoms with Crippen LogP contribution in [0.25, 0.3) is 0 Å². The van der Waals surface area contributed by atoms with Crippen molar-refractivity contribution in [1.29, 1.82) is 0 Å². The first kappa shape index (κ1) is 6.35. The van der Waals surface area contributed by atoms with Crippen molar-refractivity contribution >= 4 is 5.78 Å². The second-order valence-electron chi connectivity index (χ2n) is 3.56. The Hall–Kier alpha value is -0.370. The van der Waals surface area contributed by atoms with Gasteiger partial charge < -0.3 is 5.11 Å². The molecule has 2 saturated carbocycles. The molecule has 2 rings (SSSR count). The summed E-state index contributed by atoms with van der Waals surface area (Å²) in [6.07, 6.45) is 2.78. The molecule has 56 valence electrons. The number of fused-ring (bicyclic) bond motifs is 1. The summed E-state index contributed by atoms with van der Waals surface area (Å²) in [5, 5.41) is 9.77. The summed E-state index contributed by atoms with van der Waals surface area (Å²) in [7, 11) is 0. The van der Waals surface area contributed by atoms with Gasteiger partial charge in [-0.2, -0.15) is 0 Å². The molecule has 3 atom stereocenters. The zero-order valence-electron chi connectivity index (χ0n) is 6.13. The molecule has 0 aromatic rings. The van der Waals surface area contributed by atoms with Gasteiger partial charge in [0.2, 0.25) is 0 Å². The van der Waals surface area contributed by atoms with Crippen molar-refractivity contribution in [1.82, 2.24) is 0 Å². The molecule has 0 aliphatic heterocycles. The fourth-order valence-electron chi connectivity index (χ4n) is 2.37. The average Bonchev–Trinajstić information content (AvgIpc) is 2.28. The van der Waals surface area contributed by atoms with Gasteiger partial charge in [0, 0.05) is 11.8 Å². The lowest BCUT2D eigenvalue weighted by Crippen LogP contribution is -2.58. The third-order valence-electron chi connectivity index (χ3n) is 3.19. The van der Waals surface area contributed by atoms with Gasteiger partial charge in [0.15, 0.2) is 0 Å². The van der Waals surface area contributed by atoms with Gasteiger partial charge in [-0.3, -0.25) is 4.79 Å². The summed E-state index contributed by atoms with van der Waals surface area (Å²) in [6.45, 7) is 1.84. The van der Waals surface area contributed by atoms with Gasteiger partial charge in [-0.25, -0.2) is 0 Å². The zero-order valence-corrected chi connectivity index (χ0v) is 6.13. The fourth-order valence-corrected chi connectivity index (χ4v) is 2.37. The molecule has 0 saturated heterocycles. The molecule has 2 heteroatoms. The Balaban J connectivity index is 2.26. The molecule has 0 radical (unpaired) electrons. The number of hydrogen-bond acceptors (Lipinski definition) is 2. The summed E-state index contributed by atoms with van der Waals surface area (Å²) in [6, 6.07) is 0. The SMILES string of the molecule is CC1C(=O)[C@H]2CCC[C@@]12O. The second-order valence-corrected chi connectivity index (χ2v) is 3.56. The molecule has 1 unspecified atom stereocenters. The normalized spacial score (nSPS) is 52.4. The minimum absolute atomic E-state index is 0.00231. The van der Waals surface area contributed by atoms with Crippen molar-refractivity contribution in [2.24, 2.45) is 11.8 Å². The molecule has 1 N–H and O–H groups in total. The maximum atomic E-state index is 11.1. The number of hydrogen-bond donors (Lipinski definition) is 1. The summed E-state index contributed by atoms with van der Waals surface area (Å²) in [5.74, 6) is 0.197. The van der Waals surface area contributed by atoms with Crippen molar-refractivity contribution in [3.05, 3.63) is 0 Å². The van der Waals surface area contributed by atoms with Crippen LogP contribution in [0.5, 0.6) is 0 Å². The topological polar surface area (TPSA) is 37.3 Å². The maximum Gasteiger partial charge on any atom is 0.144 e. The number of aliphatic hydroxyl groups is 1. The highest BCUT2D eigenvalue weighted by Gasteiger charge is 2.60. The minimum atomic E-state index is -0.586. The number of carbonyl (C=O) groups is 1. The largest absolute Gasteiger partial charge is 0.388 e. The van der Waals surface area contributed by atoms with E-state index in [0.29, 0.717) is 0 Å². The van der Waals surface area contributed by atoms with E-state index in [-0.39, 0.29) is 17.6 Å². The van der Waals surface area contributed by atoms with Crippen LogP contribution in [0.3, 0.4) is 0 Å². The first-order chi connectivity index (χ1) is 4.66. The Labute approximate surface area is 60.2 Å². The lowest BCUT2D eigenvalue weighted by molar-refractivity contribution is -0.168. The van der Waals surface area contributed by atoms with Crippen LogP contribution in [-0.4, -0.2) is 16.5 Å². The van der Waals surface area contributed by atoms with E-state index in [1.165, 1.54) is 0 Å². The smallest absolute Gasteiger partial charge is 0.144 e. The first-order valence-corrected chi connectivity index (χ1v) is 3.92. The van der Waals surface area contributed by atoms with Crippen molar-refractivity contribution in [2.75, 3.05) is 0 Å². The average molecular weight is 140 g/mol. The Morgan fingerprint density at radius 1 is 1.70 bits per heavy atom. The first-order valence-electron chi connectivity index (χ1n) is 3.92. The quantitative estimate of drug-likeness (QED) is 0.538. The van der Waals surface area contributed by atoms with Crippen LogP contribution in [0.2, 0.25) is 0 Å². The van der Waals surface area contributed by atoms with Crippen molar-refractivity contribution < 1.29 is 9.90 Å². The van der Waals surface area contributed by atoms with Crippen LogP contribution in [0.1, 0.15) is 26.2 Å². The molecular weight excluding hydrogens is 128 g/mol. The highest BCUT2D eigenvalue weighted by molar-refractivity contribution is 5.92. The predicted molar refractivity (Wildman–Crippen MR) is 36.5 cm³/mol. The van der Waals surface area contributed by atoms with E-state index >= 15 is 0 Å². The summed E-state index contributed by atoms with van der Waals surface area (Å²) >= 11 is 0. The Morgan fingerprint density at radius 3 is 3.00 bits per heavy atom. The van der Waals surface area contributed by atoms with Gasteiger partial charge in [0.1, 0.15) is 5.78 Å². The molecule has 10 heavy (non-hydrogen) atoms. The third kappa shape index (κ3) is 0.473. The van der Waals surface area contributed by atoms with Crippen molar-refractivity contribution in [3.63, 3.8) is 0 Å². The molecule has 0 bridgehead atoms. The molecular formula is C8H12O2. The number of Topliss-reactive ketones (excluding diaryl/α,β-unsaturated/α-hetero) is 1. The molecule has 0 heterocycles. The van der Waals surface area contributed by atoms with E-state index < -0.39 is 5.60 Å². The number of rotatable bonds is 0. The summed E-state index contributed by atoms with van der Waals surface area (Å²) < 4.78 is 0. The van der Waals surface area contributed by atoms with Crippen LogP contribution in [0.4, 0.5) is 0 Å². The summed E-state index contributed by atoms with van der Waals surface area (Å²) in [4.78, 5) is 11.1. The maximum absolute atomic E-state index is 11.1. The Bertz CT molecular complexity index is 188. The summed E-state index contributed by atoms with van der Waals surface area (Å²) in [5.41, 5.74) is -0.586. The van der Waals surface area contributed by atoms with Gasteiger partial charge in [-0.15, -0.1) is 0 Å². The van der Waals surface area contributed by atoms with Crippen molar-refractivity contribution in [2.45, 2.75) is 31.8 Å². The lowest BCUT2D eigenvalue weighted by atomic mass is 9.62. The van der Waals surface area contributed by atoms with E-state index in [9.17, 15) is 9.90 Å². The van der Waals surface area contributed by atoms with Gasteiger partial charge in [0.05, 0.1) is 5.60 Å². The molecule has 2 nitrogen and oxygen atoms in total. The second kappa shape index (κ2) is 1.62. The van der Waals surface area contributed by atoms with Gasteiger partial charge in [0.25, 0.3) is 0 Å². The molecule has 2 aliphatic carbocycles. The lowest BCUT2D eigenvalue weighted by Gasteiger charge is -2.45. The molecule has 2 aliphatic rings. The van der Waals surface area contributed by atoms with E-state index in [1.54, 1.807) is 0 Å². The Morgan fingerprint density at radius 2 is 2.40 bits per heavy atom. The number of ketones is 1. The van der Waals surface area contributed by atoms with E-state index in [2.05, 4.69) is 0 Å². The Kier molecular flexibility index (Phi) is 1.03. The van der Waals surface area contributed by atoms with Gasteiger partial charge in [-0.05, 0) is 19.3 Å². The highest BCUT2D eigenvalue weighted by atomic mass is 16.3. The van der Waals surface area contributed by atoms with E-state index in [4.69, 9.17) is 0 Å². The van der Waals surface area contributed by atoms with Crippen molar-refractivity contribution in [3.8, 4) is 0 Å². The van der Waals surface area contributed by atoms with Gasteiger partial charge in [-0.1, -0.05) is 6.92 Å². The fraction of sp³-hybridized carbons (Fsp3) is 0.875. The van der Waals surface area contributed by atoms with Crippen LogP contribution < -0.4 is 0 Å². The van der Waals surface area contributed by atoms with Crippen LogP contribution in [0, 0.1) is 11.8 Å². The minimum Gasteiger partial charge on any atom is -0.388 e. The van der Waals surface area contributed by atoms with Crippen LogP contribution in [0.15, 0.2) is 0 Å². The molecule has 0 aromatic heterocycles. The van der Waals surface area contributed by atoms with Crippen LogP contribution in [-0.2, 0) is 4.79 Å². The highest BCUT2D eigenvalue weighted by Crippen LogP contribution is 2.51. The molecule has 2 fully saturated rings. The molecule has 0 aromatic carbocycles. The predicted octanol–water partition coefficient (Wildman–Crippen LogP) is 0.736. The van der Waals surface area contributed by atoms with Crippen LogP contribution >= 0.6 is 0 Å². The molecule has 0 amide bonds. The molecule has 0 spiro atoms. The van der Waals surface area contributed by atoms with E-state index in [1.807, 2.05) is 6.92 Å².